The largest absolute Gasteiger partial charge is 0.416 e. The number of nitrogens with zero attached hydrogens (tertiary/aromatic N) is 1. The van der Waals surface area contributed by atoms with Gasteiger partial charge in [0, 0.05) is 48.6 Å². The van der Waals surface area contributed by atoms with Crippen molar-refractivity contribution in [3.63, 3.8) is 0 Å². The number of rotatable bonds is 4. The zero-order valence-electron chi connectivity index (χ0n) is 25.5. The van der Waals surface area contributed by atoms with Gasteiger partial charge in [-0.2, -0.15) is 13.2 Å². The van der Waals surface area contributed by atoms with E-state index in [9.17, 15) is 13.2 Å². The maximum Gasteiger partial charge on any atom is 0.416 e. The van der Waals surface area contributed by atoms with Crippen LogP contribution in [0.5, 0.6) is 0 Å². The molecule has 1 saturated carbocycles. The molecule has 2 aromatic rings. The number of pyridine rings is 1. The highest BCUT2D eigenvalue weighted by Gasteiger charge is 2.56. The lowest BCUT2D eigenvalue weighted by molar-refractivity contribution is -0.137. The van der Waals surface area contributed by atoms with Crippen LogP contribution >= 0.6 is 0 Å². The maximum atomic E-state index is 13.4. The van der Waals surface area contributed by atoms with Gasteiger partial charge in [-0.1, -0.05) is 46.8 Å². The highest BCUT2D eigenvalue weighted by molar-refractivity contribution is 6.74. The molecule has 224 valence electrons. The van der Waals surface area contributed by atoms with Crippen LogP contribution in [0.3, 0.4) is 0 Å². The number of benzene rings is 1. The Kier molecular flexibility index (Phi) is 6.89. The second-order valence-electron chi connectivity index (χ2n) is 14.8. The highest BCUT2D eigenvalue weighted by Crippen LogP contribution is 2.63. The van der Waals surface area contributed by atoms with Crippen LogP contribution < -0.4 is 0 Å². The number of hydrogen-bond donors (Lipinski definition) is 0. The third kappa shape index (κ3) is 5.00. The molecule has 0 amide bonds. The Morgan fingerprint density at radius 2 is 1.61 bits per heavy atom. The van der Waals surface area contributed by atoms with Crippen LogP contribution in [0.25, 0.3) is 0 Å². The van der Waals surface area contributed by atoms with Crippen LogP contribution in [0.4, 0.5) is 13.2 Å². The Bertz CT molecular complexity index is 1320. The topological polar surface area (TPSA) is 40.6 Å². The zero-order chi connectivity index (χ0) is 29.6. The van der Waals surface area contributed by atoms with E-state index in [1.807, 2.05) is 0 Å². The van der Waals surface area contributed by atoms with Gasteiger partial charge in [0.25, 0.3) is 0 Å². The van der Waals surface area contributed by atoms with Gasteiger partial charge in [-0.05, 0) is 78.4 Å². The van der Waals surface area contributed by atoms with Crippen LogP contribution in [0, 0.1) is 5.41 Å². The van der Waals surface area contributed by atoms with Gasteiger partial charge in [-0.25, -0.2) is 0 Å². The molecule has 0 N–H and O–H groups in total. The van der Waals surface area contributed by atoms with E-state index >= 15 is 0 Å². The van der Waals surface area contributed by atoms with E-state index in [4.69, 9.17) is 18.9 Å². The van der Waals surface area contributed by atoms with Crippen molar-refractivity contribution >= 4 is 8.32 Å². The highest BCUT2D eigenvalue weighted by atomic mass is 28.4. The first-order valence-electron chi connectivity index (χ1n) is 15.2. The molecule has 0 bridgehead atoms. The quantitative estimate of drug-likeness (QED) is 0.335. The molecule has 3 heterocycles. The second kappa shape index (κ2) is 9.63. The third-order valence-corrected chi connectivity index (χ3v) is 15.0. The van der Waals surface area contributed by atoms with E-state index in [0.29, 0.717) is 26.1 Å². The fraction of sp³-hybridized carbons (Fsp3) is 0.667. The van der Waals surface area contributed by atoms with Crippen molar-refractivity contribution in [2.75, 3.05) is 13.2 Å². The Morgan fingerprint density at radius 3 is 2.15 bits per heavy atom. The maximum absolute atomic E-state index is 13.4. The van der Waals surface area contributed by atoms with E-state index in [0.717, 1.165) is 35.4 Å². The molecule has 2 fully saturated rings. The van der Waals surface area contributed by atoms with Gasteiger partial charge in [0.2, 0.25) is 0 Å². The smallest absolute Gasteiger partial charge is 0.410 e. The van der Waals surface area contributed by atoms with Crippen LogP contribution in [0.1, 0.15) is 124 Å². The van der Waals surface area contributed by atoms with Crippen molar-refractivity contribution in [1.82, 2.24) is 4.98 Å². The van der Waals surface area contributed by atoms with Crippen molar-refractivity contribution in [3.8, 4) is 0 Å². The lowest BCUT2D eigenvalue weighted by Gasteiger charge is -2.44. The molecule has 1 aromatic carbocycles. The number of alkyl halides is 3. The molecular formula is C33H44F3NO3Si. The standard InChI is InChI=1S/C33H44F3NO3Si/c1-20(2)28-26-27(25-23(37-28)18-31(12-13-31)19-24(25)40-41(6,7)30(3,4)5)32(14-16-38-17-15-32)39-29(26)21-8-10-22(11-9-21)33(34,35)36/h8-11,20,24,29H,12-19H2,1-7H3/t24-,29-/m0/s1. The average molecular weight is 588 g/mol. The van der Waals surface area contributed by atoms with Crippen molar-refractivity contribution in [2.45, 2.75) is 121 Å². The third-order valence-electron chi connectivity index (χ3n) is 10.5. The van der Waals surface area contributed by atoms with Crippen LogP contribution in [-0.2, 0) is 32.1 Å². The van der Waals surface area contributed by atoms with E-state index in [1.165, 1.54) is 36.1 Å². The molecule has 2 atom stereocenters. The summed E-state index contributed by atoms with van der Waals surface area (Å²) in [6, 6.07) is 5.52. The molecule has 8 heteroatoms. The number of ether oxygens (including phenoxy) is 2. The first-order valence-corrected chi connectivity index (χ1v) is 18.1. The summed E-state index contributed by atoms with van der Waals surface area (Å²) in [6.45, 7) is 17.0. The molecule has 2 spiro atoms. The summed E-state index contributed by atoms with van der Waals surface area (Å²) in [5, 5.41) is 0.0609. The van der Waals surface area contributed by atoms with E-state index < -0.39 is 31.8 Å². The summed E-state index contributed by atoms with van der Waals surface area (Å²) in [4.78, 5) is 5.42. The van der Waals surface area contributed by atoms with Crippen molar-refractivity contribution in [1.29, 1.82) is 0 Å². The van der Waals surface area contributed by atoms with Gasteiger partial charge in [0.15, 0.2) is 8.32 Å². The van der Waals surface area contributed by atoms with Gasteiger partial charge in [0.1, 0.15) is 6.10 Å². The summed E-state index contributed by atoms with van der Waals surface area (Å²) in [7, 11) is -2.13. The number of fused-ring (bicyclic) bond motifs is 4. The summed E-state index contributed by atoms with van der Waals surface area (Å²) < 4.78 is 60.6. The van der Waals surface area contributed by atoms with E-state index in [-0.39, 0.29) is 22.5 Å². The summed E-state index contributed by atoms with van der Waals surface area (Å²) in [6.07, 6.45) is 0.887. The summed E-state index contributed by atoms with van der Waals surface area (Å²) >= 11 is 0. The second-order valence-corrected chi connectivity index (χ2v) is 19.5. The van der Waals surface area contributed by atoms with Crippen molar-refractivity contribution in [2.24, 2.45) is 5.41 Å². The molecule has 1 aromatic heterocycles. The monoisotopic (exact) mass is 587 g/mol. The van der Waals surface area contributed by atoms with Gasteiger partial charge in [-0.3, -0.25) is 4.98 Å². The number of halogens is 3. The Labute approximate surface area is 243 Å². The lowest BCUT2D eigenvalue weighted by atomic mass is 9.73. The molecule has 1 saturated heterocycles. The van der Waals surface area contributed by atoms with Gasteiger partial charge >= 0.3 is 6.18 Å². The predicted octanol–water partition coefficient (Wildman–Crippen LogP) is 9.14. The average Bonchev–Trinajstić information content (AvgIpc) is 3.55. The van der Waals surface area contributed by atoms with Crippen molar-refractivity contribution < 1.29 is 27.1 Å². The zero-order valence-corrected chi connectivity index (χ0v) is 26.5. The SMILES string of the molecule is CC(C)c1nc2c(c3c1[C@H](c1ccc(C(F)(F)F)cc1)OC31CCOCC1)[C@@H](O[Si](C)(C)C(C)(C)C)CC1(CC1)C2. The molecule has 2 aliphatic carbocycles. The first kappa shape index (κ1) is 29.3. The van der Waals surface area contributed by atoms with Crippen LogP contribution in [-0.4, -0.2) is 26.5 Å². The van der Waals surface area contributed by atoms with E-state index in [1.54, 1.807) is 12.1 Å². The molecular weight excluding hydrogens is 543 g/mol. The first-order chi connectivity index (χ1) is 19.1. The molecule has 2 aliphatic heterocycles. The normalized spacial score (nSPS) is 25.0. The van der Waals surface area contributed by atoms with Gasteiger partial charge in [0.05, 0.1) is 17.3 Å². The summed E-state index contributed by atoms with van der Waals surface area (Å²) in [5.74, 6) is 0.140. The molecule has 4 aliphatic rings. The Hall–Kier alpha value is -1.74. The van der Waals surface area contributed by atoms with Crippen LogP contribution in [0.15, 0.2) is 24.3 Å². The molecule has 4 nitrogen and oxygen atoms in total. The van der Waals surface area contributed by atoms with Crippen molar-refractivity contribution in [3.05, 3.63) is 63.5 Å². The number of aromatic nitrogens is 1. The van der Waals surface area contributed by atoms with E-state index in [2.05, 4.69) is 47.7 Å². The minimum Gasteiger partial charge on any atom is -0.410 e. The van der Waals surface area contributed by atoms with Gasteiger partial charge < -0.3 is 13.9 Å². The number of hydrogen-bond acceptors (Lipinski definition) is 4. The van der Waals surface area contributed by atoms with Crippen LogP contribution in [0.2, 0.25) is 18.1 Å². The Morgan fingerprint density at radius 1 is 0.976 bits per heavy atom. The molecule has 0 radical (unpaired) electrons. The minimum absolute atomic E-state index is 0.0562. The molecule has 6 rings (SSSR count). The Balaban J connectivity index is 1.57. The fourth-order valence-corrected chi connectivity index (χ4v) is 8.23. The van der Waals surface area contributed by atoms with Gasteiger partial charge in [-0.15, -0.1) is 0 Å². The fourth-order valence-electron chi connectivity index (χ4n) is 6.97. The molecule has 41 heavy (non-hydrogen) atoms. The minimum atomic E-state index is -4.38. The predicted molar refractivity (Wildman–Crippen MR) is 155 cm³/mol. The summed E-state index contributed by atoms with van der Waals surface area (Å²) in [5.41, 5.74) is 5.43. The molecule has 0 unspecified atom stereocenters. The lowest BCUT2D eigenvalue weighted by Crippen LogP contribution is -2.44.